The summed E-state index contributed by atoms with van der Waals surface area (Å²) in [5.74, 6) is -0.175. The molecular weight excluding hydrogens is 314 g/mol. The van der Waals surface area contributed by atoms with E-state index >= 15 is 0 Å². The summed E-state index contributed by atoms with van der Waals surface area (Å²) in [7, 11) is 0. The molecule has 0 heterocycles. The molecule has 0 amide bonds. The number of carbonyl (C=O) groups is 1. The first-order valence-corrected chi connectivity index (χ1v) is 10.4. The normalized spacial score (nSPS) is 13.9. The molecule has 0 bridgehead atoms. The first-order chi connectivity index (χ1) is 12.1. The number of unbranched alkanes of at least 4 members (excludes halogenated alkanes) is 8. The Hall–Kier alpha value is -0.870. The summed E-state index contributed by atoms with van der Waals surface area (Å²) in [5, 5.41) is 9.87. The lowest BCUT2D eigenvalue weighted by atomic mass is 10.1. The van der Waals surface area contributed by atoms with Crippen LogP contribution >= 0.6 is 0 Å². The molecule has 0 aliphatic rings. The predicted octanol–water partition coefficient (Wildman–Crippen LogP) is 5.23. The Bertz CT molecular complexity index is 331. The maximum absolute atomic E-state index is 11.4. The fourth-order valence-electron chi connectivity index (χ4n) is 2.67. The monoisotopic (exact) mass is 355 g/mol. The number of carbonyl (C=O) groups excluding carboxylic acids is 1. The van der Waals surface area contributed by atoms with Crippen molar-refractivity contribution in [3.05, 3.63) is 12.2 Å². The molecule has 0 aromatic rings. The van der Waals surface area contributed by atoms with Crippen LogP contribution in [0.25, 0.3) is 0 Å². The van der Waals surface area contributed by atoms with E-state index in [0.717, 1.165) is 44.9 Å². The highest BCUT2D eigenvalue weighted by Gasteiger charge is 2.07. The zero-order valence-electron chi connectivity index (χ0n) is 16.5. The maximum atomic E-state index is 11.4. The minimum atomic E-state index is -0.450. The van der Waals surface area contributed by atoms with Gasteiger partial charge in [-0.1, -0.05) is 70.9 Å². The lowest BCUT2D eigenvalue weighted by Gasteiger charge is -2.10. The van der Waals surface area contributed by atoms with Gasteiger partial charge in [0.15, 0.2) is 6.23 Å². The number of aliphatic hydroxyl groups excluding tert-OH is 1. The second-order valence-corrected chi connectivity index (χ2v) is 6.95. The van der Waals surface area contributed by atoms with Crippen LogP contribution in [-0.2, 0) is 9.53 Å². The predicted molar refractivity (Wildman–Crippen MR) is 105 cm³/mol. The lowest BCUT2D eigenvalue weighted by Crippen LogP contribution is -2.25. The van der Waals surface area contributed by atoms with Crippen LogP contribution in [0.1, 0.15) is 104 Å². The van der Waals surface area contributed by atoms with Crippen molar-refractivity contribution in [1.29, 1.82) is 0 Å². The van der Waals surface area contributed by atoms with E-state index < -0.39 is 6.23 Å². The summed E-state index contributed by atoms with van der Waals surface area (Å²) in [4.78, 5) is 11.4. The van der Waals surface area contributed by atoms with E-state index in [2.05, 4.69) is 19.1 Å². The molecule has 4 nitrogen and oxygen atoms in total. The Morgan fingerprint density at radius 2 is 1.68 bits per heavy atom. The second-order valence-electron chi connectivity index (χ2n) is 6.95. The van der Waals surface area contributed by atoms with Gasteiger partial charge < -0.3 is 9.84 Å². The Morgan fingerprint density at radius 3 is 2.40 bits per heavy atom. The van der Waals surface area contributed by atoms with Crippen LogP contribution in [0.15, 0.2) is 12.2 Å². The quantitative estimate of drug-likeness (QED) is 0.162. The Balaban J connectivity index is 3.36. The van der Waals surface area contributed by atoms with E-state index in [1.807, 2.05) is 6.92 Å². The molecule has 4 heteroatoms. The van der Waals surface area contributed by atoms with Gasteiger partial charge in [0, 0.05) is 6.42 Å². The highest BCUT2D eigenvalue weighted by molar-refractivity contribution is 5.69. The number of hydrogen-bond acceptors (Lipinski definition) is 4. The fourth-order valence-corrected chi connectivity index (χ4v) is 2.67. The second kappa shape index (κ2) is 17.9. The molecule has 3 N–H and O–H groups in total. The molecule has 0 saturated carbocycles. The Morgan fingerprint density at radius 1 is 1.00 bits per heavy atom. The number of aliphatic hydroxyl groups is 1. The fraction of sp³-hybridized carbons (Fsp3) is 0.857. The molecule has 0 aliphatic heterocycles. The summed E-state index contributed by atoms with van der Waals surface area (Å²) in [6, 6.07) is 0. The van der Waals surface area contributed by atoms with Crippen molar-refractivity contribution < 1.29 is 14.6 Å². The topological polar surface area (TPSA) is 72.5 Å². The molecule has 25 heavy (non-hydrogen) atoms. The average Bonchev–Trinajstić information content (AvgIpc) is 2.60. The van der Waals surface area contributed by atoms with Gasteiger partial charge in [-0.3, -0.25) is 10.5 Å². The molecule has 0 aromatic heterocycles. The highest BCUT2D eigenvalue weighted by atomic mass is 16.6. The van der Waals surface area contributed by atoms with Gasteiger partial charge in [0.2, 0.25) is 0 Å². The molecular formula is C21H41NO3. The summed E-state index contributed by atoms with van der Waals surface area (Å²) in [6.45, 7) is 4.11. The first-order valence-electron chi connectivity index (χ1n) is 10.4. The van der Waals surface area contributed by atoms with Crippen LogP contribution in [0.3, 0.4) is 0 Å². The van der Waals surface area contributed by atoms with Crippen molar-refractivity contribution in [2.24, 2.45) is 5.73 Å². The van der Waals surface area contributed by atoms with E-state index in [1.54, 1.807) is 0 Å². The summed E-state index contributed by atoms with van der Waals surface area (Å²) >= 11 is 0. The van der Waals surface area contributed by atoms with Crippen LogP contribution < -0.4 is 5.73 Å². The van der Waals surface area contributed by atoms with E-state index in [4.69, 9.17) is 10.5 Å². The van der Waals surface area contributed by atoms with Crippen molar-refractivity contribution in [3.63, 3.8) is 0 Å². The minimum absolute atomic E-state index is 0.173. The third-order valence-corrected chi connectivity index (χ3v) is 4.40. The van der Waals surface area contributed by atoms with Crippen LogP contribution in [0.2, 0.25) is 0 Å². The molecule has 1 unspecified atom stereocenters. The zero-order valence-corrected chi connectivity index (χ0v) is 16.5. The molecule has 148 valence electrons. The highest BCUT2D eigenvalue weighted by Crippen LogP contribution is 2.11. The molecule has 0 spiro atoms. The van der Waals surface area contributed by atoms with Gasteiger partial charge in [-0.25, -0.2) is 0 Å². The summed E-state index contributed by atoms with van der Waals surface area (Å²) < 4.78 is 5.04. The standard InChI is InChI=1S/C21H41NO3/c1-3-5-6-13-16-19(23)17-14-11-9-7-8-10-12-15-18-21(24)25-20(22)4-2/h11,14,19-20,23H,3-10,12-13,15-18,22H2,1-2H3/b14-11-/t19-,20?/m1/s1. The van der Waals surface area contributed by atoms with Gasteiger partial charge in [0.1, 0.15) is 0 Å². The van der Waals surface area contributed by atoms with Gasteiger partial charge in [-0.15, -0.1) is 0 Å². The van der Waals surface area contributed by atoms with Crippen molar-refractivity contribution >= 4 is 5.97 Å². The van der Waals surface area contributed by atoms with Gasteiger partial charge in [-0.2, -0.15) is 0 Å². The van der Waals surface area contributed by atoms with Crippen molar-refractivity contribution in [2.75, 3.05) is 0 Å². The van der Waals surface area contributed by atoms with Crippen molar-refractivity contribution in [1.82, 2.24) is 0 Å². The third kappa shape index (κ3) is 17.7. The Kier molecular flexibility index (Phi) is 17.3. The van der Waals surface area contributed by atoms with Gasteiger partial charge in [0.05, 0.1) is 6.10 Å². The zero-order chi connectivity index (χ0) is 18.8. The number of esters is 1. The van der Waals surface area contributed by atoms with Gasteiger partial charge in [0.25, 0.3) is 0 Å². The summed E-state index contributed by atoms with van der Waals surface area (Å²) in [5.41, 5.74) is 5.57. The molecule has 0 aliphatic carbocycles. The smallest absolute Gasteiger partial charge is 0.307 e. The van der Waals surface area contributed by atoms with Crippen LogP contribution in [0.5, 0.6) is 0 Å². The number of nitrogens with two attached hydrogens (primary N) is 1. The Labute approximate surface area is 155 Å². The number of allylic oxidation sites excluding steroid dienone is 1. The van der Waals surface area contributed by atoms with Gasteiger partial charge in [-0.05, 0) is 38.5 Å². The molecule has 2 atom stereocenters. The van der Waals surface area contributed by atoms with Gasteiger partial charge >= 0.3 is 5.97 Å². The van der Waals surface area contributed by atoms with E-state index in [-0.39, 0.29) is 12.1 Å². The van der Waals surface area contributed by atoms with Crippen LogP contribution in [0, 0.1) is 0 Å². The van der Waals surface area contributed by atoms with E-state index in [1.165, 1.54) is 32.1 Å². The van der Waals surface area contributed by atoms with E-state index in [9.17, 15) is 9.90 Å². The largest absolute Gasteiger partial charge is 0.447 e. The van der Waals surface area contributed by atoms with Crippen LogP contribution in [0.4, 0.5) is 0 Å². The van der Waals surface area contributed by atoms with Crippen LogP contribution in [-0.4, -0.2) is 23.4 Å². The number of rotatable bonds is 17. The molecule has 0 saturated heterocycles. The van der Waals surface area contributed by atoms with E-state index in [0.29, 0.717) is 12.8 Å². The molecule has 0 rings (SSSR count). The summed E-state index contributed by atoms with van der Waals surface area (Å²) in [6.07, 6.45) is 18.0. The molecule has 0 fully saturated rings. The molecule has 0 aromatic carbocycles. The van der Waals surface area contributed by atoms with Crippen molar-refractivity contribution in [2.45, 2.75) is 116 Å². The molecule has 0 radical (unpaired) electrons. The maximum Gasteiger partial charge on any atom is 0.307 e. The number of hydrogen-bond donors (Lipinski definition) is 2. The van der Waals surface area contributed by atoms with Crippen molar-refractivity contribution in [3.8, 4) is 0 Å². The average molecular weight is 356 g/mol. The number of ether oxygens (including phenoxy) is 1. The SMILES string of the molecule is CCCCCC[C@@H](O)C/C=C\CCCCCCCC(=O)OC(N)CC. The lowest BCUT2D eigenvalue weighted by molar-refractivity contribution is -0.149. The minimum Gasteiger partial charge on any atom is -0.447 e. The third-order valence-electron chi connectivity index (χ3n) is 4.40. The first kappa shape index (κ1) is 24.1.